The molecule has 0 saturated heterocycles. The zero-order chi connectivity index (χ0) is 8.36. The van der Waals surface area contributed by atoms with Crippen LogP contribution >= 0.6 is 7.37 Å². The molecule has 0 amide bonds. The largest absolute Gasteiger partial charge is 0.344 e. The molecule has 0 rings (SSSR count). The van der Waals surface area contributed by atoms with E-state index >= 15 is 0 Å². The fraction of sp³-hybridized carbons (Fsp3) is 1.00. The molecule has 0 fully saturated rings. The summed E-state index contributed by atoms with van der Waals surface area (Å²) in [4.78, 5) is 8.85. The first kappa shape index (κ1) is 10.1. The Bertz CT molecular complexity index is 147. The summed E-state index contributed by atoms with van der Waals surface area (Å²) in [5.41, 5.74) is 4.11. The molecule has 3 atom stereocenters. The van der Waals surface area contributed by atoms with Gasteiger partial charge in [0.05, 0.1) is 5.66 Å². The van der Waals surface area contributed by atoms with Gasteiger partial charge in [-0.05, 0) is 0 Å². The predicted octanol–water partition coefficient (Wildman–Crippen LogP) is 0.572. The highest BCUT2D eigenvalue weighted by molar-refractivity contribution is 7.57. The van der Waals surface area contributed by atoms with Crippen LogP contribution < -0.4 is 5.73 Å². The van der Waals surface area contributed by atoms with E-state index in [1.807, 2.05) is 0 Å². The molecule has 0 aromatic rings. The highest BCUT2D eigenvalue weighted by Crippen LogP contribution is 2.43. The molecule has 0 bridgehead atoms. The predicted molar refractivity (Wildman–Crippen MR) is 39.2 cm³/mol. The van der Waals surface area contributed by atoms with E-state index in [2.05, 4.69) is 0 Å². The molecule has 0 aliphatic carbocycles. The van der Waals surface area contributed by atoms with E-state index in [0.717, 1.165) is 6.66 Å². The van der Waals surface area contributed by atoms with Crippen molar-refractivity contribution >= 4 is 7.37 Å². The molecule has 10 heavy (non-hydrogen) atoms. The van der Waals surface area contributed by atoms with Gasteiger partial charge in [0.1, 0.15) is 6.17 Å². The van der Waals surface area contributed by atoms with Gasteiger partial charge in [-0.25, -0.2) is 4.39 Å². The Morgan fingerprint density at radius 2 is 2.20 bits per heavy atom. The van der Waals surface area contributed by atoms with E-state index in [-0.39, 0.29) is 6.54 Å². The maximum absolute atomic E-state index is 12.6. The van der Waals surface area contributed by atoms with Crippen LogP contribution in [0.5, 0.6) is 0 Å². The summed E-state index contributed by atoms with van der Waals surface area (Å²) in [6.45, 7) is 2.33. The first-order chi connectivity index (χ1) is 4.39. The van der Waals surface area contributed by atoms with Crippen LogP contribution in [0, 0.1) is 0 Å². The van der Waals surface area contributed by atoms with Crippen molar-refractivity contribution in [3.8, 4) is 0 Å². The molecule has 0 aromatic heterocycles. The number of hydrogen-bond donors (Lipinski definition) is 2. The average molecular weight is 169 g/mol. The Balaban J connectivity index is 4.08. The molecule has 0 heterocycles. The van der Waals surface area contributed by atoms with Gasteiger partial charge in [0.15, 0.2) is 0 Å². The van der Waals surface area contributed by atoms with Crippen LogP contribution in [0.25, 0.3) is 0 Å². The van der Waals surface area contributed by atoms with Crippen molar-refractivity contribution in [1.82, 2.24) is 0 Å². The van der Waals surface area contributed by atoms with Crippen molar-refractivity contribution in [3.63, 3.8) is 0 Å². The van der Waals surface area contributed by atoms with Gasteiger partial charge < -0.3 is 10.6 Å². The standard InChI is InChI=1S/C5H13FNO2P/c1-4(5(6)3-7)10(2,8)9/h4-5H,3,7H2,1-2H3,(H,8,9). The highest BCUT2D eigenvalue weighted by atomic mass is 31.2. The Kier molecular flexibility index (Phi) is 3.49. The molecule has 0 aliphatic heterocycles. The fourth-order valence-electron chi connectivity index (χ4n) is 0.497. The third-order valence-electron chi connectivity index (χ3n) is 1.50. The third kappa shape index (κ3) is 2.78. The maximum atomic E-state index is 12.6. The number of hydrogen-bond acceptors (Lipinski definition) is 2. The molecular weight excluding hydrogens is 156 g/mol. The number of nitrogens with two attached hydrogens (primary N) is 1. The van der Waals surface area contributed by atoms with Crippen LogP contribution in [0.4, 0.5) is 4.39 Å². The molecular formula is C5H13FNO2P. The SMILES string of the molecule is CC(C(F)CN)P(C)(=O)O. The molecule has 0 saturated carbocycles. The molecule has 0 radical (unpaired) electrons. The third-order valence-corrected chi connectivity index (χ3v) is 3.34. The van der Waals surface area contributed by atoms with Gasteiger partial charge >= 0.3 is 0 Å². The van der Waals surface area contributed by atoms with E-state index in [4.69, 9.17) is 10.6 Å². The number of halogens is 1. The van der Waals surface area contributed by atoms with Gasteiger partial charge in [-0.2, -0.15) is 0 Å². The van der Waals surface area contributed by atoms with E-state index in [1.165, 1.54) is 6.92 Å². The fourth-order valence-corrected chi connectivity index (χ4v) is 1.22. The lowest BCUT2D eigenvalue weighted by Gasteiger charge is -2.17. The molecule has 0 spiro atoms. The average Bonchev–Trinajstić information content (AvgIpc) is 1.83. The smallest absolute Gasteiger partial charge is 0.203 e. The molecule has 0 aliphatic rings. The molecule has 3 nitrogen and oxygen atoms in total. The van der Waals surface area contributed by atoms with E-state index in [1.54, 1.807) is 0 Å². The summed E-state index contributed by atoms with van der Waals surface area (Å²) in [5, 5.41) is 0. The van der Waals surface area contributed by atoms with Crippen LogP contribution in [-0.4, -0.2) is 29.9 Å². The summed E-state index contributed by atoms with van der Waals surface area (Å²) >= 11 is 0. The lowest BCUT2D eigenvalue weighted by Crippen LogP contribution is -2.26. The van der Waals surface area contributed by atoms with Gasteiger partial charge in [0.25, 0.3) is 0 Å². The normalized spacial score (nSPS) is 23.3. The first-order valence-electron chi connectivity index (χ1n) is 3.03. The summed E-state index contributed by atoms with van der Waals surface area (Å²) in [7, 11) is -3.28. The maximum Gasteiger partial charge on any atom is 0.203 e. The highest BCUT2D eigenvalue weighted by Gasteiger charge is 2.28. The quantitative estimate of drug-likeness (QED) is 0.607. The zero-order valence-electron chi connectivity index (χ0n) is 6.12. The zero-order valence-corrected chi connectivity index (χ0v) is 7.01. The number of alkyl halides is 1. The minimum atomic E-state index is -3.28. The molecule has 0 aromatic carbocycles. The number of rotatable bonds is 3. The molecule has 3 unspecified atom stereocenters. The van der Waals surface area contributed by atoms with Crippen molar-refractivity contribution < 1.29 is 13.8 Å². The van der Waals surface area contributed by atoms with E-state index < -0.39 is 19.2 Å². The Morgan fingerprint density at radius 1 is 1.80 bits per heavy atom. The van der Waals surface area contributed by atoms with Gasteiger partial charge in [-0.1, -0.05) is 6.92 Å². The monoisotopic (exact) mass is 169 g/mol. The van der Waals surface area contributed by atoms with E-state index in [0.29, 0.717) is 0 Å². The topological polar surface area (TPSA) is 63.3 Å². The summed E-state index contributed by atoms with van der Waals surface area (Å²) in [6, 6.07) is 0. The summed E-state index contributed by atoms with van der Waals surface area (Å²) in [5.74, 6) is 0. The van der Waals surface area contributed by atoms with Crippen LogP contribution in [-0.2, 0) is 4.57 Å². The van der Waals surface area contributed by atoms with Crippen molar-refractivity contribution in [2.75, 3.05) is 13.2 Å². The van der Waals surface area contributed by atoms with Gasteiger partial charge in [0.2, 0.25) is 7.37 Å². The minimum absolute atomic E-state index is 0.195. The van der Waals surface area contributed by atoms with Crippen LogP contribution in [0.2, 0.25) is 0 Å². The molecule has 5 heteroatoms. The second kappa shape index (κ2) is 3.46. The lowest BCUT2D eigenvalue weighted by atomic mass is 10.3. The van der Waals surface area contributed by atoms with Gasteiger partial charge in [-0.3, -0.25) is 4.57 Å². The van der Waals surface area contributed by atoms with Crippen molar-refractivity contribution in [2.24, 2.45) is 5.73 Å². The summed E-state index contributed by atoms with van der Waals surface area (Å²) in [6.07, 6.45) is -1.37. The Labute approximate surface area is 59.9 Å². The van der Waals surface area contributed by atoms with Crippen molar-refractivity contribution in [1.29, 1.82) is 0 Å². The molecule has 3 N–H and O–H groups in total. The first-order valence-corrected chi connectivity index (χ1v) is 5.21. The van der Waals surface area contributed by atoms with E-state index in [9.17, 15) is 8.96 Å². The second-order valence-electron chi connectivity index (χ2n) is 2.44. The van der Waals surface area contributed by atoms with Crippen molar-refractivity contribution in [2.45, 2.75) is 18.8 Å². The van der Waals surface area contributed by atoms with Crippen molar-refractivity contribution in [3.05, 3.63) is 0 Å². The van der Waals surface area contributed by atoms with Crippen LogP contribution in [0.15, 0.2) is 0 Å². The molecule has 62 valence electrons. The Morgan fingerprint density at radius 3 is 2.30 bits per heavy atom. The van der Waals surface area contributed by atoms with Crippen LogP contribution in [0.1, 0.15) is 6.92 Å². The minimum Gasteiger partial charge on any atom is -0.344 e. The summed E-state index contributed by atoms with van der Waals surface area (Å²) < 4.78 is 23.3. The second-order valence-corrected chi connectivity index (χ2v) is 5.14. The Hall–Kier alpha value is 0.0800. The lowest BCUT2D eigenvalue weighted by molar-refractivity contribution is 0.320. The van der Waals surface area contributed by atoms with Gasteiger partial charge in [0, 0.05) is 13.2 Å². The van der Waals surface area contributed by atoms with Gasteiger partial charge in [-0.15, -0.1) is 0 Å². The van der Waals surface area contributed by atoms with Crippen LogP contribution in [0.3, 0.4) is 0 Å².